The van der Waals surface area contributed by atoms with E-state index in [0.29, 0.717) is 6.42 Å². The van der Waals surface area contributed by atoms with Gasteiger partial charge in [0.05, 0.1) is 18.7 Å². The Balaban J connectivity index is 1.84. The number of hydrogen-bond acceptors (Lipinski definition) is 4. The molecule has 2 aliphatic rings. The maximum Gasteiger partial charge on any atom is 0.126 e. The van der Waals surface area contributed by atoms with Gasteiger partial charge in [0.15, 0.2) is 0 Å². The van der Waals surface area contributed by atoms with Gasteiger partial charge in [-0.25, -0.2) is 0 Å². The molecule has 1 aromatic carbocycles. The Morgan fingerprint density at radius 2 is 2.32 bits per heavy atom. The van der Waals surface area contributed by atoms with Crippen molar-refractivity contribution >= 4 is 0 Å². The molecule has 1 atom stereocenters. The van der Waals surface area contributed by atoms with Gasteiger partial charge in [0.25, 0.3) is 0 Å². The normalized spacial score (nSPS) is 24.4. The number of benzene rings is 1. The first-order valence-electron chi connectivity index (χ1n) is 8.20. The summed E-state index contributed by atoms with van der Waals surface area (Å²) in [7, 11) is 1.72. The highest BCUT2D eigenvalue weighted by Gasteiger charge is 2.43. The number of ether oxygens (including phenoxy) is 2. The van der Waals surface area contributed by atoms with Gasteiger partial charge in [0, 0.05) is 18.4 Å². The van der Waals surface area contributed by atoms with Crippen LogP contribution in [0.1, 0.15) is 37.7 Å². The van der Waals surface area contributed by atoms with Crippen molar-refractivity contribution in [2.24, 2.45) is 0 Å². The Morgan fingerprint density at radius 1 is 1.41 bits per heavy atom. The fraction of sp³-hybridized carbons (Fsp3) is 0.611. The molecule has 1 fully saturated rings. The van der Waals surface area contributed by atoms with Gasteiger partial charge in [-0.15, -0.1) is 0 Å². The van der Waals surface area contributed by atoms with Crippen LogP contribution >= 0.6 is 0 Å². The van der Waals surface area contributed by atoms with E-state index in [0.717, 1.165) is 50.5 Å². The third-order valence-electron chi connectivity index (χ3n) is 5.02. The standard InChI is InChI=1S/C18H24N2O2/c1-21-16-7-6-8-17-15(16)13-18(14-22-17)9-2-4-11-20(18)12-5-3-10-19/h6-8H,2-5,9,11-14H2,1H3. The summed E-state index contributed by atoms with van der Waals surface area (Å²) in [5, 5.41) is 8.79. The van der Waals surface area contributed by atoms with Gasteiger partial charge in [0.1, 0.15) is 18.1 Å². The molecule has 1 unspecified atom stereocenters. The first kappa shape index (κ1) is 15.2. The Kier molecular flexibility index (Phi) is 4.54. The zero-order chi connectivity index (χ0) is 15.4. The van der Waals surface area contributed by atoms with Crippen LogP contribution in [0.4, 0.5) is 0 Å². The van der Waals surface area contributed by atoms with Gasteiger partial charge < -0.3 is 9.47 Å². The number of hydrogen-bond donors (Lipinski definition) is 0. The molecule has 22 heavy (non-hydrogen) atoms. The van der Waals surface area contributed by atoms with Gasteiger partial charge in [-0.1, -0.05) is 12.5 Å². The van der Waals surface area contributed by atoms with Crippen LogP contribution < -0.4 is 9.47 Å². The second-order valence-electron chi connectivity index (χ2n) is 6.33. The minimum absolute atomic E-state index is 0.0787. The van der Waals surface area contributed by atoms with Gasteiger partial charge in [-0.2, -0.15) is 5.26 Å². The summed E-state index contributed by atoms with van der Waals surface area (Å²) in [5.41, 5.74) is 1.28. The lowest BCUT2D eigenvalue weighted by Crippen LogP contribution is -2.58. The molecule has 2 heterocycles. The van der Waals surface area contributed by atoms with Crippen molar-refractivity contribution in [1.82, 2.24) is 4.90 Å². The second-order valence-corrected chi connectivity index (χ2v) is 6.33. The van der Waals surface area contributed by atoms with Gasteiger partial charge >= 0.3 is 0 Å². The van der Waals surface area contributed by atoms with Crippen molar-refractivity contribution in [3.05, 3.63) is 23.8 Å². The molecular formula is C18H24N2O2. The third-order valence-corrected chi connectivity index (χ3v) is 5.02. The Hall–Kier alpha value is -1.73. The molecule has 4 heteroatoms. The van der Waals surface area contributed by atoms with Crippen LogP contribution in [0.3, 0.4) is 0 Å². The number of rotatable bonds is 4. The molecule has 1 saturated heterocycles. The van der Waals surface area contributed by atoms with E-state index >= 15 is 0 Å². The molecule has 1 spiro atoms. The van der Waals surface area contributed by atoms with Crippen LogP contribution in [-0.4, -0.2) is 37.2 Å². The van der Waals surface area contributed by atoms with E-state index in [2.05, 4.69) is 11.0 Å². The molecule has 0 aliphatic carbocycles. The number of fused-ring (bicyclic) bond motifs is 1. The monoisotopic (exact) mass is 300 g/mol. The molecule has 118 valence electrons. The molecule has 0 saturated carbocycles. The fourth-order valence-corrected chi connectivity index (χ4v) is 3.85. The van der Waals surface area contributed by atoms with Crippen LogP contribution in [0.5, 0.6) is 11.5 Å². The van der Waals surface area contributed by atoms with Crippen LogP contribution in [0, 0.1) is 11.3 Å². The average Bonchev–Trinajstić information content (AvgIpc) is 2.56. The summed E-state index contributed by atoms with van der Waals surface area (Å²) >= 11 is 0. The second kappa shape index (κ2) is 6.58. The highest BCUT2D eigenvalue weighted by Crippen LogP contribution is 2.42. The van der Waals surface area contributed by atoms with E-state index in [1.54, 1.807) is 7.11 Å². The lowest BCUT2D eigenvalue weighted by molar-refractivity contribution is -0.00491. The summed E-state index contributed by atoms with van der Waals surface area (Å²) in [6.45, 7) is 2.85. The number of nitriles is 1. The van der Waals surface area contributed by atoms with Crippen molar-refractivity contribution in [3.63, 3.8) is 0 Å². The SMILES string of the molecule is COc1cccc2c1CC1(CCCCN1CCCC#N)CO2. The first-order chi connectivity index (χ1) is 10.8. The van der Waals surface area contributed by atoms with E-state index in [4.69, 9.17) is 14.7 Å². The molecule has 0 bridgehead atoms. The minimum Gasteiger partial charge on any atom is -0.496 e. The molecule has 0 amide bonds. The van der Waals surface area contributed by atoms with Crippen molar-refractivity contribution in [3.8, 4) is 17.6 Å². The third kappa shape index (κ3) is 2.78. The Bertz CT molecular complexity index is 552. The number of methoxy groups -OCH3 is 1. The number of nitrogens with zero attached hydrogens (tertiary/aromatic N) is 2. The van der Waals surface area contributed by atoms with Crippen molar-refractivity contribution in [2.75, 3.05) is 26.8 Å². The van der Waals surface area contributed by atoms with E-state index < -0.39 is 0 Å². The van der Waals surface area contributed by atoms with Crippen LogP contribution in [0.15, 0.2) is 18.2 Å². The molecule has 4 nitrogen and oxygen atoms in total. The van der Waals surface area contributed by atoms with Crippen LogP contribution in [0.2, 0.25) is 0 Å². The molecule has 0 N–H and O–H groups in total. The summed E-state index contributed by atoms with van der Waals surface area (Å²) in [4.78, 5) is 2.56. The molecule has 0 radical (unpaired) electrons. The van der Waals surface area contributed by atoms with Gasteiger partial charge in [-0.05, 0) is 44.5 Å². The lowest BCUT2D eigenvalue weighted by Gasteiger charge is -2.49. The van der Waals surface area contributed by atoms with Crippen molar-refractivity contribution in [2.45, 2.75) is 44.1 Å². The highest BCUT2D eigenvalue weighted by molar-refractivity contribution is 5.47. The fourth-order valence-electron chi connectivity index (χ4n) is 3.85. The van der Waals surface area contributed by atoms with Crippen molar-refractivity contribution in [1.29, 1.82) is 5.26 Å². The van der Waals surface area contributed by atoms with Gasteiger partial charge in [0.2, 0.25) is 0 Å². The van der Waals surface area contributed by atoms with E-state index in [9.17, 15) is 0 Å². The topological polar surface area (TPSA) is 45.5 Å². The number of likely N-dealkylation sites (tertiary alicyclic amines) is 1. The number of unbranched alkanes of at least 4 members (excludes halogenated alkanes) is 1. The predicted octanol–water partition coefficient (Wildman–Crippen LogP) is 3.16. The maximum absolute atomic E-state index is 8.79. The quantitative estimate of drug-likeness (QED) is 0.801. The first-order valence-corrected chi connectivity index (χ1v) is 8.20. The Labute approximate surface area is 132 Å². The Morgan fingerprint density at radius 3 is 3.14 bits per heavy atom. The zero-order valence-corrected chi connectivity index (χ0v) is 13.3. The minimum atomic E-state index is 0.0787. The van der Waals surface area contributed by atoms with Crippen molar-refractivity contribution < 1.29 is 9.47 Å². The summed E-state index contributed by atoms with van der Waals surface area (Å²) in [5.74, 6) is 1.90. The molecule has 0 aromatic heterocycles. The zero-order valence-electron chi connectivity index (χ0n) is 13.3. The molecule has 3 rings (SSSR count). The lowest BCUT2D eigenvalue weighted by atomic mass is 9.79. The van der Waals surface area contributed by atoms with Crippen LogP contribution in [-0.2, 0) is 6.42 Å². The van der Waals surface area contributed by atoms with E-state index in [-0.39, 0.29) is 5.54 Å². The maximum atomic E-state index is 8.79. The molecular weight excluding hydrogens is 276 g/mol. The van der Waals surface area contributed by atoms with E-state index in [1.165, 1.54) is 18.4 Å². The largest absolute Gasteiger partial charge is 0.496 e. The summed E-state index contributed by atoms with van der Waals surface area (Å²) < 4.78 is 11.6. The highest BCUT2D eigenvalue weighted by atomic mass is 16.5. The van der Waals surface area contributed by atoms with Crippen LogP contribution in [0.25, 0.3) is 0 Å². The molecule has 2 aliphatic heterocycles. The molecule has 1 aromatic rings. The van der Waals surface area contributed by atoms with E-state index in [1.807, 2.05) is 18.2 Å². The predicted molar refractivity (Wildman–Crippen MR) is 85.2 cm³/mol. The van der Waals surface area contributed by atoms with Gasteiger partial charge in [-0.3, -0.25) is 4.90 Å². The average molecular weight is 300 g/mol. The summed E-state index contributed by atoms with van der Waals surface area (Å²) in [6, 6.07) is 8.30. The summed E-state index contributed by atoms with van der Waals surface area (Å²) in [6.07, 6.45) is 6.22. The smallest absolute Gasteiger partial charge is 0.126 e. The number of piperidine rings is 1.